The Balaban J connectivity index is 1.19. The van der Waals surface area contributed by atoms with Gasteiger partial charge in [-0.3, -0.25) is 9.59 Å². The van der Waals surface area contributed by atoms with Gasteiger partial charge in [-0.25, -0.2) is 4.79 Å². The quantitative estimate of drug-likeness (QED) is 0.334. The maximum atomic E-state index is 12.5. The largest absolute Gasteiger partial charge is 0.490 e. The van der Waals surface area contributed by atoms with Crippen LogP contribution in [0.5, 0.6) is 5.75 Å². The summed E-state index contributed by atoms with van der Waals surface area (Å²) in [5.41, 5.74) is 0.648. The highest BCUT2D eigenvalue weighted by atomic mass is 16.5. The second kappa shape index (κ2) is 12.2. The van der Waals surface area contributed by atoms with Crippen molar-refractivity contribution in [2.75, 3.05) is 13.1 Å². The molecule has 0 bridgehead atoms. The molecule has 206 valence electrons. The maximum Gasteiger partial charge on any atom is 0.407 e. The number of carbonyl (C=O) groups is 3. The average Bonchev–Trinajstić information content (AvgIpc) is 2.91. The molecule has 3 amide bonds. The Morgan fingerprint density at radius 1 is 0.821 bits per heavy atom. The molecular weight excluding hydrogens is 494 g/mol. The van der Waals surface area contributed by atoms with Gasteiger partial charge in [0.15, 0.2) is 0 Å². The highest BCUT2D eigenvalue weighted by molar-refractivity contribution is 5.98. The minimum atomic E-state index is -0.881. The van der Waals surface area contributed by atoms with Crippen molar-refractivity contribution < 1.29 is 24.2 Å². The van der Waals surface area contributed by atoms with Crippen LogP contribution in [0.25, 0.3) is 10.8 Å². The van der Waals surface area contributed by atoms with Crippen LogP contribution < -0.4 is 15.4 Å². The van der Waals surface area contributed by atoms with E-state index < -0.39 is 11.6 Å². The number of amides is 3. The minimum Gasteiger partial charge on any atom is -0.490 e. The van der Waals surface area contributed by atoms with Crippen LogP contribution in [0.2, 0.25) is 0 Å². The molecule has 0 aliphatic heterocycles. The van der Waals surface area contributed by atoms with Gasteiger partial charge in [0.1, 0.15) is 5.75 Å². The Morgan fingerprint density at radius 3 is 1.97 bits per heavy atom. The number of benzene rings is 3. The summed E-state index contributed by atoms with van der Waals surface area (Å²) in [6.07, 6.45) is 2.20. The predicted octanol–water partition coefficient (Wildman–Crippen LogP) is 5.47. The molecule has 0 saturated heterocycles. The fraction of sp³-hybridized carbons (Fsp3) is 0.387. The van der Waals surface area contributed by atoms with E-state index in [1.807, 2.05) is 57.2 Å². The molecule has 3 N–H and O–H groups in total. The highest BCUT2D eigenvalue weighted by Gasteiger charge is 2.36. The first-order chi connectivity index (χ1) is 18.6. The summed E-state index contributed by atoms with van der Waals surface area (Å²) >= 11 is 0. The van der Waals surface area contributed by atoms with E-state index in [0.717, 1.165) is 36.5 Å². The first kappa shape index (κ1) is 28.0. The first-order valence-corrected chi connectivity index (χ1v) is 13.5. The van der Waals surface area contributed by atoms with Gasteiger partial charge >= 0.3 is 6.09 Å². The number of nitrogens with one attached hydrogen (secondary N) is 2. The lowest BCUT2D eigenvalue weighted by atomic mass is 9.89. The third-order valence-corrected chi connectivity index (χ3v) is 7.06. The molecule has 1 saturated carbocycles. The summed E-state index contributed by atoms with van der Waals surface area (Å²) in [7, 11) is 0. The molecule has 8 nitrogen and oxygen atoms in total. The zero-order valence-corrected chi connectivity index (χ0v) is 22.8. The SMILES string of the molecule is CC(C)(C)N(C(=O)O)[C@H]1CC[C@@H](Oc2ccc(C(=O)NCCNC(=O)c3ccc4ccccc4c3)cc2)CC1. The van der Waals surface area contributed by atoms with Crippen LogP contribution in [-0.2, 0) is 0 Å². The summed E-state index contributed by atoms with van der Waals surface area (Å²) in [6, 6.07) is 20.4. The van der Waals surface area contributed by atoms with Gasteiger partial charge < -0.3 is 25.4 Å². The third kappa shape index (κ3) is 7.28. The molecule has 0 radical (unpaired) electrons. The molecule has 0 atom stereocenters. The van der Waals surface area contributed by atoms with E-state index in [0.29, 0.717) is 30.0 Å². The van der Waals surface area contributed by atoms with E-state index in [9.17, 15) is 19.5 Å². The summed E-state index contributed by atoms with van der Waals surface area (Å²) < 4.78 is 6.11. The normalized spacial score (nSPS) is 17.3. The van der Waals surface area contributed by atoms with Crippen LogP contribution in [0, 0.1) is 0 Å². The molecule has 3 aromatic rings. The lowest BCUT2D eigenvalue weighted by Crippen LogP contribution is -2.52. The smallest absolute Gasteiger partial charge is 0.407 e. The number of ether oxygens (including phenoxy) is 1. The van der Waals surface area contributed by atoms with E-state index >= 15 is 0 Å². The van der Waals surface area contributed by atoms with Gasteiger partial charge in [0.2, 0.25) is 0 Å². The summed E-state index contributed by atoms with van der Waals surface area (Å²) in [6.45, 7) is 6.38. The number of hydrogen-bond donors (Lipinski definition) is 3. The molecule has 1 aliphatic rings. The van der Waals surface area contributed by atoms with Crippen molar-refractivity contribution in [3.05, 3.63) is 77.9 Å². The second-order valence-electron chi connectivity index (χ2n) is 11.0. The lowest BCUT2D eigenvalue weighted by Gasteiger charge is -2.42. The highest BCUT2D eigenvalue weighted by Crippen LogP contribution is 2.30. The molecule has 39 heavy (non-hydrogen) atoms. The van der Waals surface area contributed by atoms with Gasteiger partial charge in [-0.15, -0.1) is 0 Å². The van der Waals surface area contributed by atoms with Crippen LogP contribution in [-0.4, -0.2) is 58.7 Å². The molecule has 4 rings (SSSR count). The first-order valence-electron chi connectivity index (χ1n) is 13.5. The summed E-state index contributed by atoms with van der Waals surface area (Å²) in [5, 5.41) is 17.4. The fourth-order valence-corrected chi connectivity index (χ4v) is 5.18. The van der Waals surface area contributed by atoms with Crippen molar-refractivity contribution in [1.29, 1.82) is 0 Å². The Hall–Kier alpha value is -4.07. The zero-order chi connectivity index (χ0) is 28.0. The Kier molecular flexibility index (Phi) is 8.74. The van der Waals surface area contributed by atoms with Crippen molar-refractivity contribution in [1.82, 2.24) is 15.5 Å². The molecule has 0 aromatic heterocycles. The number of nitrogens with zero attached hydrogens (tertiary/aromatic N) is 1. The standard InChI is InChI=1S/C31H37N3O5/c1-31(2,3)34(30(37)38)25-12-16-27(17-13-25)39-26-14-10-22(11-15-26)28(35)32-18-19-33-29(36)24-9-8-21-6-4-5-7-23(21)20-24/h4-11,14-15,20,25,27H,12-13,16-19H2,1-3H3,(H,32,35)(H,33,36)(H,37,38)/t25-,27+. The Labute approximate surface area is 229 Å². The van der Waals surface area contributed by atoms with Crippen molar-refractivity contribution in [2.24, 2.45) is 0 Å². The van der Waals surface area contributed by atoms with E-state index in [1.54, 1.807) is 35.2 Å². The molecule has 0 heterocycles. The maximum absolute atomic E-state index is 12.5. The molecule has 8 heteroatoms. The van der Waals surface area contributed by atoms with Gasteiger partial charge in [0.25, 0.3) is 11.8 Å². The predicted molar refractivity (Wildman–Crippen MR) is 151 cm³/mol. The number of rotatable bonds is 8. The van der Waals surface area contributed by atoms with Gasteiger partial charge in [0.05, 0.1) is 6.10 Å². The summed E-state index contributed by atoms with van der Waals surface area (Å²) in [5.74, 6) is 0.279. The van der Waals surface area contributed by atoms with E-state index in [1.165, 1.54) is 0 Å². The van der Waals surface area contributed by atoms with Crippen LogP contribution >= 0.6 is 0 Å². The van der Waals surface area contributed by atoms with Crippen molar-refractivity contribution in [2.45, 2.75) is 64.1 Å². The van der Waals surface area contributed by atoms with Crippen LogP contribution in [0.4, 0.5) is 4.79 Å². The molecule has 0 unspecified atom stereocenters. The number of fused-ring (bicyclic) bond motifs is 1. The monoisotopic (exact) mass is 531 g/mol. The topological polar surface area (TPSA) is 108 Å². The molecule has 1 fully saturated rings. The second-order valence-corrected chi connectivity index (χ2v) is 11.0. The van der Waals surface area contributed by atoms with Crippen molar-refractivity contribution in [3.8, 4) is 5.75 Å². The summed E-state index contributed by atoms with van der Waals surface area (Å²) in [4.78, 5) is 38.3. The molecule has 1 aliphatic carbocycles. The van der Waals surface area contributed by atoms with Crippen LogP contribution in [0.1, 0.15) is 67.2 Å². The molecule has 3 aromatic carbocycles. The van der Waals surface area contributed by atoms with Crippen LogP contribution in [0.3, 0.4) is 0 Å². The van der Waals surface area contributed by atoms with Gasteiger partial charge in [-0.05, 0) is 93.6 Å². The zero-order valence-electron chi connectivity index (χ0n) is 22.8. The van der Waals surface area contributed by atoms with E-state index in [-0.39, 0.29) is 24.0 Å². The van der Waals surface area contributed by atoms with Crippen molar-refractivity contribution >= 4 is 28.7 Å². The fourth-order valence-electron chi connectivity index (χ4n) is 5.18. The Bertz CT molecular complexity index is 1310. The van der Waals surface area contributed by atoms with E-state index in [4.69, 9.17) is 4.74 Å². The Morgan fingerprint density at radius 2 is 1.38 bits per heavy atom. The third-order valence-electron chi connectivity index (χ3n) is 7.06. The number of carbonyl (C=O) groups excluding carboxylic acids is 2. The number of carboxylic acid groups (broad SMARTS) is 1. The van der Waals surface area contributed by atoms with Crippen LogP contribution in [0.15, 0.2) is 66.7 Å². The molecule has 0 spiro atoms. The van der Waals surface area contributed by atoms with E-state index in [2.05, 4.69) is 10.6 Å². The van der Waals surface area contributed by atoms with Crippen molar-refractivity contribution in [3.63, 3.8) is 0 Å². The molecular formula is C31H37N3O5. The van der Waals surface area contributed by atoms with Gasteiger partial charge in [-0.2, -0.15) is 0 Å². The minimum absolute atomic E-state index is 0.00854. The number of hydrogen-bond acceptors (Lipinski definition) is 4. The average molecular weight is 532 g/mol. The lowest BCUT2D eigenvalue weighted by molar-refractivity contribution is 0.0367. The van der Waals surface area contributed by atoms with Gasteiger partial charge in [0, 0.05) is 35.8 Å². The van der Waals surface area contributed by atoms with Gasteiger partial charge in [-0.1, -0.05) is 30.3 Å².